The molecule has 15 heavy (non-hydrogen) atoms. The van der Waals surface area contributed by atoms with Gasteiger partial charge in [0.25, 0.3) is 0 Å². The smallest absolute Gasteiger partial charge is 0.114 e. The summed E-state index contributed by atoms with van der Waals surface area (Å²) in [6.45, 7) is 1.92. The van der Waals surface area contributed by atoms with Crippen LogP contribution in [0.5, 0.6) is 0 Å². The number of nitrogens with two attached hydrogens (primary N) is 1. The Kier molecular flexibility index (Phi) is 2.93. The van der Waals surface area contributed by atoms with Crippen LogP contribution >= 0.6 is 23.4 Å². The predicted molar refractivity (Wildman–Crippen MR) is 63.4 cm³/mol. The van der Waals surface area contributed by atoms with Crippen molar-refractivity contribution in [2.45, 2.75) is 16.7 Å². The maximum atomic E-state index is 5.93. The van der Waals surface area contributed by atoms with E-state index in [1.54, 1.807) is 24.1 Å². The summed E-state index contributed by atoms with van der Waals surface area (Å²) < 4.78 is 5.21. The highest BCUT2D eigenvalue weighted by molar-refractivity contribution is 7.99. The van der Waals surface area contributed by atoms with Gasteiger partial charge in [-0.25, -0.2) is 0 Å². The van der Waals surface area contributed by atoms with Crippen molar-refractivity contribution >= 4 is 29.1 Å². The maximum Gasteiger partial charge on any atom is 0.114 e. The molecule has 0 saturated heterocycles. The van der Waals surface area contributed by atoms with Crippen LogP contribution < -0.4 is 5.73 Å². The van der Waals surface area contributed by atoms with Crippen LogP contribution in [-0.2, 0) is 0 Å². The van der Waals surface area contributed by atoms with E-state index in [1.807, 2.05) is 25.1 Å². The van der Waals surface area contributed by atoms with Crippen molar-refractivity contribution in [3.05, 3.63) is 41.3 Å². The fourth-order valence-corrected chi connectivity index (χ4v) is 2.35. The van der Waals surface area contributed by atoms with Gasteiger partial charge < -0.3 is 10.2 Å². The van der Waals surface area contributed by atoms with Crippen LogP contribution in [0.3, 0.4) is 0 Å². The first-order valence-electron chi connectivity index (χ1n) is 4.44. The lowest BCUT2D eigenvalue weighted by atomic mass is 10.3. The number of hydrogen-bond acceptors (Lipinski definition) is 3. The van der Waals surface area contributed by atoms with Crippen molar-refractivity contribution in [2.24, 2.45) is 0 Å². The average Bonchev–Trinajstić information content (AvgIpc) is 2.60. The summed E-state index contributed by atoms with van der Waals surface area (Å²) in [5.74, 6) is 0.888. The largest absolute Gasteiger partial charge is 0.468 e. The fraction of sp³-hybridized carbons (Fsp3) is 0.0909. The minimum absolute atomic E-state index is 0.584. The topological polar surface area (TPSA) is 39.2 Å². The van der Waals surface area contributed by atoms with Crippen molar-refractivity contribution in [2.75, 3.05) is 5.73 Å². The van der Waals surface area contributed by atoms with Crippen molar-refractivity contribution in [1.29, 1.82) is 0 Å². The normalized spacial score (nSPS) is 10.5. The van der Waals surface area contributed by atoms with E-state index < -0.39 is 0 Å². The molecule has 0 aliphatic heterocycles. The van der Waals surface area contributed by atoms with Gasteiger partial charge in [-0.1, -0.05) is 29.4 Å². The molecule has 2 nitrogen and oxygen atoms in total. The molecule has 78 valence electrons. The zero-order valence-electron chi connectivity index (χ0n) is 8.16. The van der Waals surface area contributed by atoms with Gasteiger partial charge in [-0.2, -0.15) is 0 Å². The molecule has 4 heteroatoms. The van der Waals surface area contributed by atoms with Gasteiger partial charge >= 0.3 is 0 Å². The molecule has 0 amide bonds. The first-order valence-corrected chi connectivity index (χ1v) is 5.64. The summed E-state index contributed by atoms with van der Waals surface area (Å²) in [5.41, 5.74) is 6.48. The van der Waals surface area contributed by atoms with Crippen LogP contribution in [-0.4, -0.2) is 0 Å². The Morgan fingerprint density at radius 1 is 1.27 bits per heavy atom. The molecule has 1 heterocycles. The van der Waals surface area contributed by atoms with Gasteiger partial charge in [0.2, 0.25) is 0 Å². The van der Waals surface area contributed by atoms with Gasteiger partial charge in [-0.05, 0) is 25.1 Å². The maximum absolute atomic E-state index is 5.93. The predicted octanol–water partition coefficient (Wildman–Crippen LogP) is 3.97. The Balaban J connectivity index is 2.33. The van der Waals surface area contributed by atoms with Crippen molar-refractivity contribution in [1.82, 2.24) is 0 Å². The first-order chi connectivity index (χ1) is 7.18. The van der Waals surface area contributed by atoms with Crippen molar-refractivity contribution in [3.8, 4) is 0 Å². The average molecular weight is 240 g/mol. The molecule has 0 radical (unpaired) electrons. The summed E-state index contributed by atoms with van der Waals surface area (Å²) in [7, 11) is 0. The highest BCUT2D eigenvalue weighted by atomic mass is 35.5. The molecule has 0 unspecified atom stereocenters. The Morgan fingerprint density at radius 3 is 2.73 bits per heavy atom. The van der Waals surface area contributed by atoms with E-state index in [0.717, 1.165) is 15.6 Å². The summed E-state index contributed by atoms with van der Waals surface area (Å²) in [6.07, 6.45) is 1.67. The molecule has 2 N–H and O–H groups in total. The quantitative estimate of drug-likeness (QED) is 0.806. The number of para-hydroxylation sites is 1. The summed E-state index contributed by atoms with van der Waals surface area (Å²) in [6, 6.07) is 7.53. The molecule has 0 fully saturated rings. The van der Waals surface area contributed by atoms with Crippen LogP contribution in [0, 0.1) is 6.92 Å². The van der Waals surface area contributed by atoms with Crippen LogP contribution in [0.25, 0.3) is 0 Å². The van der Waals surface area contributed by atoms with E-state index in [-0.39, 0.29) is 0 Å². The van der Waals surface area contributed by atoms with Gasteiger partial charge in [0.1, 0.15) is 5.76 Å². The van der Waals surface area contributed by atoms with Crippen LogP contribution in [0.1, 0.15) is 5.76 Å². The second kappa shape index (κ2) is 4.21. The number of halogens is 1. The molecular weight excluding hydrogens is 230 g/mol. The van der Waals surface area contributed by atoms with Gasteiger partial charge in [-0.3, -0.25) is 0 Å². The van der Waals surface area contributed by atoms with Gasteiger partial charge in [0, 0.05) is 4.90 Å². The van der Waals surface area contributed by atoms with Gasteiger partial charge in [0.05, 0.1) is 21.9 Å². The number of furan rings is 1. The molecule has 0 saturated carbocycles. The lowest BCUT2D eigenvalue weighted by Crippen LogP contribution is -1.89. The molecule has 0 aliphatic rings. The Hall–Kier alpha value is -1.06. The molecule has 1 aromatic carbocycles. The zero-order valence-corrected chi connectivity index (χ0v) is 9.73. The lowest BCUT2D eigenvalue weighted by Gasteiger charge is -2.05. The molecule has 0 bridgehead atoms. The Bertz CT molecular complexity index is 481. The number of anilines is 1. The van der Waals surface area contributed by atoms with E-state index in [1.165, 1.54) is 0 Å². The number of aryl methyl sites for hydroxylation is 1. The summed E-state index contributed by atoms with van der Waals surface area (Å²) >= 11 is 7.49. The van der Waals surface area contributed by atoms with Crippen LogP contribution in [0.2, 0.25) is 5.02 Å². The zero-order chi connectivity index (χ0) is 10.8. The monoisotopic (exact) mass is 239 g/mol. The van der Waals surface area contributed by atoms with Crippen molar-refractivity contribution < 1.29 is 4.42 Å². The molecule has 0 atom stereocenters. The van der Waals surface area contributed by atoms with Gasteiger partial charge in [-0.15, -0.1) is 0 Å². The highest BCUT2D eigenvalue weighted by Crippen LogP contribution is 2.37. The molecule has 2 rings (SSSR count). The number of hydrogen-bond donors (Lipinski definition) is 1. The minimum Gasteiger partial charge on any atom is -0.468 e. The minimum atomic E-state index is 0.584. The molecular formula is C11H10ClNOS. The second-order valence-corrected chi connectivity index (χ2v) is 4.59. The number of rotatable bonds is 2. The molecule has 0 spiro atoms. The van der Waals surface area contributed by atoms with E-state index >= 15 is 0 Å². The second-order valence-electron chi connectivity index (χ2n) is 3.09. The third-order valence-electron chi connectivity index (χ3n) is 2.04. The molecule has 1 aromatic heterocycles. The molecule has 0 aliphatic carbocycles. The van der Waals surface area contributed by atoms with E-state index in [0.29, 0.717) is 10.7 Å². The number of nitrogen functional groups attached to an aromatic ring is 1. The lowest BCUT2D eigenvalue weighted by molar-refractivity contribution is 0.527. The third kappa shape index (κ3) is 2.13. The molecule has 2 aromatic rings. The van der Waals surface area contributed by atoms with E-state index in [9.17, 15) is 0 Å². The fourth-order valence-electron chi connectivity index (χ4n) is 1.20. The third-order valence-corrected chi connectivity index (χ3v) is 3.59. The SMILES string of the molecule is Cc1occc1Sc1cccc(Cl)c1N. The van der Waals surface area contributed by atoms with Crippen LogP contribution in [0.15, 0.2) is 44.7 Å². The Morgan fingerprint density at radius 2 is 2.07 bits per heavy atom. The summed E-state index contributed by atoms with van der Waals surface area (Å²) in [5, 5.41) is 0.584. The standard InChI is InChI=1S/C11H10ClNOS/c1-7-9(5-6-14-7)15-10-4-2-3-8(12)11(10)13/h2-6H,13H2,1H3. The van der Waals surface area contributed by atoms with Crippen molar-refractivity contribution in [3.63, 3.8) is 0 Å². The van der Waals surface area contributed by atoms with Gasteiger partial charge in [0.15, 0.2) is 0 Å². The Labute approximate surface area is 97.4 Å². The van der Waals surface area contributed by atoms with E-state index in [2.05, 4.69) is 0 Å². The first kappa shape index (κ1) is 10.5. The summed E-state index contributed by atoms with van der Waals surface area (Å²) in [4.78, 5) is 2.01. The highest BCUT2D eigenvalue weighted by Gasteiger charge is 2.08. The van der Waals surface area contributed by atoms with Crippen LogP contribution in [0.4, 0.5) is 5.69 Å². The van der Waals surface area contributed by atoms with E-state index in [4.69, 9.17) is 21.8 Å². The number of benzene rings is 1.